The third-order valence-electron chi connectivity index (χ3n) is 9.91. The van der Waals surface area contributed by atoms with Crippen molar-refractivity contribution < 1.29 is 22.3 Å². The molecule has 4 heterocycles. The Morgan fingerprint density at radius 1 is 1.11 bits per heavy atom. The minimum Gasteiger partial charge on any atom is -0.462 e. The number of hydrogen-bond acceptors (Lipinski definition) is 6. The van der Waals surface area contributed by atoms with E-state index in [2.05, 4.69) is 28.0 Å². The molecule has 10 heteroatoms. The summed E-state index contributed by atoms with van der Waals surface area (Å²) in [5.74, 6) is 0.311. The summed E-state index contributed by atoms with van der Waals surface area (Å²) in [5.41, 5.74) is -0.452. The highest BCUT2D eigenvalue weighted by Gasteiger charge is 2.37. The molecular weight excluding hydrogens is 594 g/mol. The van der Waals surface area contributed by atoms with E-state index < -0.39 is 22.9 Å². The second kappa shape index (κ2) is 11.9. The Balaban J connectivity index is 1.38. The van der Waals surface area contributed by atoms with Gasteiger partial charge in [-0.25, -0.2) is 17.6 Å². The minimum atomic E-state index is -0.924. The summed E-state index contributed by atoms with van der Waals surface area (Å²) in [6.45, 7) is 7.44. The molecule has 3 aromatic carbocycles. The van der Waals surface area contributed by atoms with Gasteiger partial charge in [-0.3, -0.25) is 0 Å². The fraction of sp³-hybridized carbons (Fsp3) is 0.389. The maximum Gasteiger partial charge on any atom is 0.319 e. The predicted octanol–water partition coefficient (Wildman–Crippen LogP) is 6.75. The van der Waals surface area contributed by atoms with Crippen LogP contribution in [0.4, 0.5) is 23.4 Å². The molecule has 0 saturated carbocycles. The molecular formula is C36H35F4N5O. The number of hydrogen-bond donors (Lipinski definition) is 1. The predicted molar refractivity (Wildman–Crippen MR) is 172 cm³/mol. The molecule has 238 valence electrons. The topological polar surface area (TPSA) is 53.5 Å². The molecule has 3 aliphatic rings. The van der Waals surface area contributed by atoms with Crippen LogP contribution in [0, 0.1) is 35.2 Å². The molecule has 6 nitrogen and oxygen atoms in total. The summed E-state index contributed by atoms with van der Waals surface area (Å²) in [7, 11) is 0. The Morgan fingerprint density at radius 2 is 1.89 bits per heavy atom. The first kappa shape index (κ1) is 30.5. The molecule has 1 aromatic heterocycles. The summed E-state index contributed by atoms with van der Waals surface area (Å²) < 4.78 is 68.0. The number of fused-ring (bicyclic) bond motifs is 4. The number of aromatic nitrogens is 2. The highest BCUT2D eigenvalue weighted by Crippen LogP contribution is 2.41. The van der Waals surface area contributed by atoms with Crippen LogP contribution in [0.3, 0.4) is 0 Å². The van der Waals surface area contributed by atoms with E-state index in [1.165, 1.54) is 24.3 Å². The normalized spacial score (nSPS) is 24.2. The van der Waals surface area contributed by atoms with Crippen LogP contribution in [0.15, 0.2) is 48.3 Å². The van der Waals surface area contributed by atoms with Gasteiger partial charge in [0.2, 0.25) is 0 Å². The second-order valence-electron chi connectivity index (χ2n) is 12.9. The molecule has 3 saturated heterocycles. The van der Waals surface area contributed by atoms with Gasteiger partial charge >= 0.3 is 6.01 Å². The molecule has 7 rings (SSSR count). The number of terminal acetylenes is 1. The first-order valence-corrected chi connectivity index (χ1v) is 15.8. The Bertz CT molecular complexity index is 1910. The van der Waals surface area contributed by atoms with Crippen molar-refractivity contribution >= 4 is 27.5 Å². The SMILES string of the molecule is C#Cc1c(F)ccc2cccc(-c3c(F)cc4c(N5C[C@H]6CC[C@@H](C5)N6)nc(OC[C@]5(C)CN(CC)CC/C5=C\F)nc4c3F)c12. The summed E-state index contributed by atoms with van der Waals surface area (Å²) in [6.07, 6.45) is 8.90. The van der Waals surface area contributed by atoms with Crippen LogP contribution in [0.5, 0.6) is 6.01 Å². The molecule has 4 aromatic rings. The van der Waals surface area contributed by atoms with E-state index in [1.807, 2.05) is 11.8 Å². The first-order chi connectivity index (χ1) is 22.2. The van der Waals surface area contributed by atoms with Crippen LogP contribution in [0.1, 0.15) is 38.7 Å². The molecule has 0 amide bonds. The number of anilines is 1. The lowest BCUT2D eigenvalue weighted by molar-refractivity contribution is 0.0977. The van der Waals surface area contributed by atoms with E-state index >= 15 is 8.78 Å². The third-order valence-corrected chi connectivity index (χ3v) is 9.91. The van der Waals surface area contributed by atoms with Crippen molar-refractivity contribution in [3.8, 4) is 29.5 Å². The molecule has 3 atom stereocenters. The van der Waals surface area contributed by atoms with E-state index in [0.29, 0.717) is 49.2 Å². The van der Waals surface area contributed by atoms with Gasteiger partial charge in [0.05, 0.1) is 17.5 Å². The number of benzene rings is 3. The molecule has 1 N–H and O–H groups in total. The van der Waals surface area contributed by atoms with Gasteiger partial charge < -0.3 is 19.9 Å². The van der Waals surface area contributed by atoms with E-state index in [1.54, 1.807) is 12.1 Å². The number of likely N-dealkylation sites (tertiary alicyclic amines) is 1. The monoisotopic (exact) mass is 629 g/mol. The lowest BCUT2D eigenvalue weighted by Gasteiger charge is -2.41. The average Bonchev–Trinajstić information content (AvgIpc) is 3.40. The van der Waals surface area contributed by atoms with E-state index in [9.17, 15) is 8.78 Å². The maximum atomic E-state index is 16.8. The van der Waals surface area contributed by atoms with Gasteiger partial charge in [0.15, 0.2) is 5.82 Å². The number of rotatable bonds is 6. The summed E-state index contributed by atoms with van der Waals surface area (Å²) in [4.78, 5) is 13.5. The zero-order valence-corrected chi connectivity index (χ0v) is 25.8. The Kier molecular flexibility index (Phi) is 7.86. The zero-order valence-electron chi connectivity index (χ0n) is 25.8. The lowest BCUT2D eigenvalue weighted by atomic mass is 9.78. The van der Waals surface area contributed by atoms with Gasteiger partial charge in [0.1, 0.15) is 29.6 Å². The van der Waals surface area contributed by atoms with Crippen LogP contribution in [0.2, 0.25) is 0 Å². The standard InChI is InChI=1S/C36H35F4N5O/c1-4-25-28(38)12-9-21-7-6-8-26(30(21)25)31-29(39)15-27-33(32(31)40)42-35(43-34(27)45-17-23-10-11-24(18-45)41-23)46-20-36(3)19-44(5-2)14-13-22(36)16-37/h1,6-9,12,15-16,23-24,41H,5,10-11,13-14,17-20H2,2-3H3/b22-16+/t23-,24+,36-/m0/s1. The van der Waals surface area contributed by atoms with Gasteiger partial charge in [-0.15, -0.1) is 6.42 Å². The fourth-order valence-corrected chi connectivity index (χ4v) is 7.46. The van der Waals surface area contributed by atoms with Crippen molar-refractivity contribution in [2.45, 2.75) is 45.2 Å². The zero-order chi connectivity index (χ0) is 32.2. The molecule has 3 fully saturated rings. The smallest absolute Gasteiger partial charge is 0.319 e. The highest BCUT2D eigenvalue weighted by atomic mass is 19.1. The molecule has 0 radical (unpaired) electrons. The fourth-order valence-electron chi connectivity index (χ4n) is 7.46. The van der Waals surface area contributed by atoms with Crippen LogP contribution in [-0.4, -0.2) is 66.3 Å². The molecule has 0 spiro atoms. The number of piperazine rings is 1. The van der Waals surface area contributed by atoms with Gasteiger partial charge in [-0.1, -0.05) is 44.0 Å². The third kappa shape index (κ3) is 5.16. The van der Waals surface area contributed by atoms with Gasteiger partial charge in [-0.2, -0.15) is 9.97 Å². The van der Waals surface area contributed by atoms with Gasteiger partial charge in [0, 0.05) is 54.5 Å². The quantitative estimate of drug-likeness (QED) is 0.188. The molecule has 0 unspecified atom stereocenters. The maximum absolute atomic E-state index is 16.8. The first-order valence-electron chi connectivity index (χ1n) is 15.8. The van der Waals surface area contributed by atoms with Gasteiger partial charge in [-0.05, 0) is 54.5 Å². The number of nitrogens with zero attached hydrogens (tertiary/aromatic N) is 4. The van der Waals surface area contributed by atoms with Crippen LogP contribution < -0.4 is 15.0 Å². The van der Waals surface area contributed by atoms with E-state index in [-0.39, 0.29) is 57.7 Å². The van der Waals surface area contributed by atoms with Crippen LogP contribution in [0.25, 0.3) is 32.8 Å². The van der Waals surface area contributed by atoms with E-state index in [4.69, 9.17) is 16.1 Å². The number of halogens is 4. The Hall–Kier alpha value is -4.20. The largest absolute Gasteiger partial charge is 0.462 e. The van der Waals surface area contributed by atoms with Gasteiger partial charge in [0.25, 0.3) is 0 Å². The van der Waals surface area contributed by atoms with Crippen molar-refractivity contribution in [1.82, 2.24) is 20.2 Å². The molecule has 0 aliphatic carbocycles. The molecule has 2 bridgehead atoms. The number of nitrogens with one attached hydrogen (secondary N) is 1. The highest BCUT2D eigenvalue weighted by molar-refractivity contribution is 6.03. The summed E-state index contributed by atoms with van der Waals surface area (Å²) in [6, 6.07) is 9.29. The van der Waals surface area contributed by atoms with Crippen molar-refractivity contribution in [2.75, 3.05) is 44.2 Å². The molecule has 3 aliphatic heterocycles. The van der Waals surface area contributed by atoms with Crippen molar-refractivity contribution in [3.05, 3.63) is 71.3 Å². The average molecular weight is 630 g/mol. The summed E-state index contributed by atoms with van der Waals surface area (Å²) in [5, 5.41) is 4.57. The molecule has 46 heavy (non-hydrogen) atoms. The minimum absolute atomic E-state index is 0.0702. The van der Waals surface area contributed by atoms with Crippen LogP contribution >= 0.6 is 0 Å². The Labute approximate surface area is 265 Å². The summed E-state index contributed by atoms with van der Waals surface area (Å²) >= 11 is 0. The number of ether oxygens (including phenoxy) is 1. The van der Waals surface area contributed by atoms with Crippen molar-refractivity contribution in [3.63, 3.8) is 0 Å². The number of piperidine rings is 1. The van der Waals surface area contributed by atoms with Crippen molar-refractivity contribution in [1.29, 1.82) is 0 Å². The van der Waals surface area contributed by atoms with Crippen molar-refractivity contribution in [2.24, 2.45) is 5.41 Å². The van der Waals surface area contributed by atoms with E-state index in [0.717, 1.165) is 25.9 Å². The van der Waals surface area contributed by atoms with Crippen LogP contribution in [-0.2, 0) is 0 Å². The Morgan fingerprint density at radius 3 is 2.61 bits per heavy atom. The lowest BCUT2D eigenvalue weighted by Crippen LogP contribution is -2.51. The second-order valence-corrected chi connectivity index (χ2v) is 12.9.